The van der Waals surface area contributed by atoms with Gasteiger partial charge in [0.1, 0.15) is 6.04 Å². The van der Waals surface area contributed by atoms with Crippen LogP contribution in [0.15, 0.2) is 24.5 Å². The van der Waals surface area contributed by atoms with E-state index in [1.54, 1.807) is 12.4 Å². The van der Waals surface area contributed by atoms with Crippen LogP contribution in [0.3, 0.4) is 0 Å². The van der Waals surface area contributed by atoms with Gasteiger partial charge in [-0.05, 0) is 49.1 Å². The molecule has 0 bridgehead atoms. The first-order chi connectivity index (χ1) is 11.5. The molecule has 2 amide bonds. The van der Waals surface area contributed by atoms with Gasteiger partial charge in [-0.2, -0.15) is 0 Å². The van der Waals surface area contributed by atoms with E-state index in [4.69, 9.17) is 0 Å². The minimum Gasteiger partial charge on any atom is -0.350 e. The molecule has 132 valence electrons. The maximum absolute atomic E-state index is 12.5. The van der Waals surface area contributed by atoms with E-state index < -0.39 is 6.04 Å². The van der Waals surface area contributed by atoms with Gasteiger partial charge in [0, 0.05) is 24.9 Å². The number of amides is 2. The zero-order valence-electron chi connectivity index (χ0n) is 14.9. The fraction of sp³-hybridized carbons (Fsp3) is 0.632. The zero-order valence-corrected chi connectivity index (χ0v) is 14.9. The van der Waals surface area contributed by atoms with Gasteiger partial charge in [0.15, 0.2) is 0 Å². The van der Waals surface area contributed by atoms with Crippen LogP contribution >= 0.6 is 0 Å². The van der Waals surface area contributed by atoms with Gasteiger partial charge in [-0.3, -0.25) is 14.6 Å². The molecule has 2 rings (SSSR count). The van der Waals surface area contributed by atoms with Crippen LogP contribution in [-0.4, -0.2) is 22.8 Å². The summed E-state index contributed by atoms with van der Waals surface area (Å²) in [6.45, 7) is 6.57. The maximum atomic E-state index is 12.5. The summed E-state index contributed by atoms with van der Waals surface area (Å²) in [7, 11) is 0. The Morgan fingerprint density at radius 2 is 1.96 bits per heavy atom. The summed E-state index contributed by atoms with van der Waals surface area (Å²) >= 11 is 0. The first kappa shape index (κ1) is 18.4. The molecule has 2 N–H and O–H groups in total. The molecule has 1 aliphatic rings. The normalized spacial score (nSPS) is 22.0. The molecule has 0 saturated heterocycles. The quantitative estimate of drug-likeness (QED) is 0.842. The average Bonchev–Trinajstić information content (AvgIpc) is 2.58. The topological polar surface area (TPSA) is 71.1 Å². The van der Waals surface area contributed by atoms with Crippen molar-refractivity contribution in [1.82, 2.24) is 15.6 Å². The fourth-order valence-corrected chi connectivity index (χ4v) is 3.13. The summed E-state index contributed by atoms with van der Waals surface area (Å²) in [6, 6.07) is 3.26. The van der Waals surface area contributed by atoms with Crippen molar-refractivity contribution in [2.24, 2.45) is 17.8 Å². The van der Waals surface area contributed by atoms with Gasteiger partial charge in [0.25, 0.3) is 0 Å². The summed E-state index contributed by atoms with van der Waals surface area (Å²) in [5.41, 5.74) is 0.945. The molecular formula is C19H29N3O2. The number of nitrogens with zero attached hydrogens (tertiary/aromatic N) is 1. The Bertz CT molecular complexity index is 537. The molecule has 0 unspecified atom stereocenters. The summed E-state index contributed by atoms with van der Waals surface area (Å²) in [4.78, 5) is 29.0. The van der Waals surface area contributed by atoms with Crippen LogP contribution in [0, 0.1) is 17.8 Å². The first-order valence-electron chi connectivity index (χ1n) is 8.94. The van der Waals surface area contributed by atoms with Crippen LogP contribution in [0.1, 0.15) is 52.0 Å². The highest BCUT2D eigenvalue weighted by Gasteiger charge is 2.29. The maximum Gasteiger partial charge on any atom is 0.243 e. The third-order valence-electron chi connectivity index (χ3n) is 4.82. The summed E-state index contributed by atoms with van der Waals surface area (Å²) in [6.07, 6.45) is 7.47. The molecule has 1 heterocycles. The molecule has 0 aliphatic heterocycles. The molecule has 0 spiro atoms. The van der Waals surface area contributed by atoms with Gasteiger partial charge in [-0.1, -0.05) is 26.8 Å². The number of carbonyl (C=O) groups excluding carboxylic acids is 2. The molecule has 1 aromatic rings. The lowest BCUT2D eigenvalue weighted by Gasteiger charge is -2.28. The van der Waals surface area contributed by atoms with Crippen LogP contribution < -0.4 is 10.6 Å². The van der Waals surface area contributed by atoms with E-state index in [0.717, 1.165) is 31.2 Å². The largest absolute Gasteiger partial charge is 0.350 e. The molecule has 1 aromatic heterocycles. The van der Waals surface area contributed by atoms with Crippen LogP contribution in [-0.2, 0) is 16.1 Å². The summed E-state index contributed by atoms with van der Waals surface area (Å²) < 4.78 is 0. The van der Waals surface area contributed by atoms with Crippen molar-refractivity contribution in [3.8, 4) is 0 Å². The Kier molecular flexibility index (Phi) is 6.76. The molecule has 0 radical (unpaired) electrons. The highest BCUT2D eigenvalue weighted by atomic mass is 16.2. The van der Waals surface area contributed by atoms with Crippen LogP contribution in [0.4, 0.5) is 0 Å². The van der Waals surface area contributed by atoms with Crippen molar-refractivity contribution in [3.05, 3.63) is 30.1 Å². The molecule has 1 saturated carbocycles. The van der Waals surface area contributed by atoms with Crippen LogP contribution in [0.2, 0.25) is 0 Å². The monoisotopic (exact) mass is 331 g/mol. The third kappa shape index (κ3) is 5.32. The molecule has 1 atom stereocenters. The Morgan fingerprint density at radius 3 is 2.54 bits per heavy atom. The van der Waals surface area contributed by atoms with Gasteiger partial charge in [0.2, 0.25) is 11.8 Å². The van der Waals surface area contributed by atoms with Crippen molar-refractivity contribution in [3.63, 3.8) is 0 Å². The number of pyridine rings is 1. The minimum atomic E-state index is -0.492. The van der Waals surface area contributed by atoms with E-state index in [0.29, 0.717) is 12.5 Å². The van der Waals surface area contributed by atoms with Crippen molar-refractivity contribution in [1.29, 1.82) is 0 Å². The predicted octanol–water partition coefficient (Wildman–Crippen LogP) is 2.66. The van der Waals surface area contributed by atoms with Crippen molar-refractivity contribution < 1.29 is 9.59 Å². The van der Waals surface area contributed by atoms with Gasteiger partial charge < -0.3 is 10.6 Å². The second-order valence-corrected chi connectivity index (χ2v) is 7.27. The number of hydrogen-bond acceptors (Lipinski definition) is 3. The van der Waals surface area contributed by atoms with Crippen molar-refractivity contribution >= 4 is 11.8 Å². The number of rotatable bonds is 6. The Labute approximate surface area is 144 Å². The van der Waals surface area contributed by atoms with E-state index in [2.05, 4.69) is 22.5 Å². The number of hydrogen-bond donors (Lipinski definition) is 2. The Morgan fingerprint density at radius 1 is 1.25 bits per heavy atom. The van der Waals surface area contributed by atoms with E-state index in [-0.39, 0.29) is 23.7 Å². The van der Waals surface area contributed by atoms with E-state index in [1.165, 1.54) is 0 Å². The fourth-order valence-electron chi connectivity index (χ4n) is 3.13. The van der Waals surface area contributed by atoms with E-state index >= 15 is 0 Å². The van der Waals surface area contributed by atoms with Crippen molar-refractivity contribution in [2.75, 3.05) is 0 Å². The highest BCUT2D eigenvalue weighted by molar-refractivity contribution is 5.88. The van der Waals surface area contributed by atoms with Gasteiger partial charge in [-0.25, -0.2) is 0 Å². The lowest BCUT2D eigenvalue weighted by Crippen LogP contribution is -2.51. The Balaban J connectivity index is 1.88. The molecule has 1 fully saturated rings. The number of carbonyl (C=O) groups is 2. The predicted molar refractivity (Wildman–Crippen MR) is 94.0 cm³/mol. The molecular weight excluding hydrogens is 302 g/mol. The SMILES string of the molecule is CC1CCC(C(=O)N[C@H](C(=O)NCc2cccnc2)C(C)C)CC1. The van der Waals surface area contributed by atoms with Crippen LogP contribution in [0.25, 0.3) is 0 Å². The highest BCUT2D eigenvalue weighted by Crippen LogP contribution is 2.28. The zero-order chi connectivity index (χ0) is 17.5. The smallest absolute Gasteiger partial charge is 0.243 e. The number of aromatic nitrogens is 1. The molecule has 5 heteroatoms. The molecule has 5 nitrogen and oxygen atoms in total. The van der Waals surface area contributed by atoms with E-state index in [1.807, 2.05) is 26.0 Å². The second-order valence-electron chi connectivity index (χ2n) is 7.27. The molecule has 0 aromatic carbocycles. The third-order valence-corrected chi connectivity index (χ3v) is 4.82. The number of nitrogens with one attached hydrogen (secondary N) is 2. The van der Waals surface area contributed by atoms with E-state index in [9.17, 15) is 9.59 Å². The minimum absolute atomic E-state index is 0.0251. The van der Waals surface area contributed by atoms with Crippen LogP contribution in [0.5, 0.6) is 0 Å². The lowest BCUT2D eigenvalue weighted by molar-refractivity contribution is -0.132. The Hall–Kier alpha value is -1.91. The summed E-state index contributed by atoms with van der Waals surface area (Å²) in [5.74, 6) is 0.695. The second kappa shape index (κ2) is 8.81. The summed E-state index contributed by atoms with van der Waals surface area (Å²) in [5, 5.41) is 5.87. The van der Waals surface area contributed by atoms with Gasteiger partial charge in [0.05, 0.1) is 0 Å². The standard InChI is InChI=1S/C19H29N3O2/c1-13(2)17(19(24)21-12-15-5-4-10-20-11-15)22-18(23)16-8-6-14(3)7-9-16/h4-5,10-11,13-14,16-17H,6-9,12H2,1-3H3,(H,21,24)(H,22,23)/t14?,16?,17-/m0/s1. The molecule has 1 aliphatic carbocycles. The average molecular weight is 331 g/mol. The molecule has 24 heavy (non-hydrogen) atoms. The van der Waals surface area contributed by atoms with Crippen molar-refractivity contribution in [2.45, 2.75) is 59.0 Å². The van der Waals surface area contributed by atoms with Gasteiger partial charge in [-0.15, -0.1) is 0 Å². The first-order valence-corrected chi connectivity index (χ1v) is 8.94. The lowest BCUT2D eigenvalue weighted by atomic mass is 9.82. The van der Waals surface area contributed by atoms with Gasteiger partial charge >= 0.3 is 0 Å².